The van der Waals surface area contributed by atoms with Gasteiger partial charge in [0.2, 0.25) is 5.91 Å². The summed E-state index contributed by atoms with van der Waals surface area (Å²) >= 11 is 4.64. The fraction of sp³-hybridized carbons (Fsp3) is 0.429. The van der Waals surface area contributed by atoms with E-state index in [0.717, 1.165) is 0 Å². The van der Waals surface area contributed by atoms with Crippen molar-refractivity contribution in [2.24, 2.45) is 17.4 Å². The first-order chi connectivity index (χ1) is 5.07. The predicted octanol–water partition coefficient (Wildman–Crippen LogP) is 0.340. The van der Waals surface area contributed by atoms with Gasteiger partial charge in [0.25, 0.3) is 0 Å². The molecular weight excluding hydrogens is 160 g/mol. The maximum Gasteiger partial charge on any atom is 0.221 e. The SMILES string of the molecule is C=CCC(CC(N)=S)C(N)=O. The summed E-state index contributed by atoms with van der Waals surface area (Å²) in [6, 6.07) is 0. The van der Waals surface area contributed by atoms with Crippen LogP contribution in [0.15, 0.2) is 12.7 Å². The average Bonchev–Trinajstić information content (AvgIpc) is 1.86. The van der Waals surface area contributed by atoms with E-state index in [9.17, 15) is 4.79 Å². The Kier molecular flexibility index (Phi) is 4.45. The lowest BCUT2D eigenvalue weighted by Crippen LogP contribution is -2.27. The van der Waals surface area contributed by atoms with E-state index in [1.165, 1.54) is 0 Å². The molecule has 0 rings (SSSR count). The lowest BCUT2D eigenvalue weighted by atomic mass is 10.0. The van der Waals surface area contributed by atoms with Gasteiger partial charge in [0.15, 0.2) is 0 Å². The Morgan fingerprint density at radius 2 is 2.18 bits per heavy atom. The molecule has 0 saturated carbocycles. The quantitative estimate of drug-likeness (QED) is 0.464. The summed E-state index contributed by atoms with van der Waals surface area (Å²) in [6.07, 6.45) is 2.54. The number of hydrogen-bond donors (Lipinski definition) is 2. The minimum atomic E-state index is -0.377. The first kappa shape index (κ1) is 10.1. The molecule has 3 nitrogen and oxygen atoms in total. The van der Waals surface area contributed by atoms with Crippen molar-refractivity contribution in [1.82, 2.24) is 0 Å². The Labute approximate surface area is 71.4 Å². The summed E-state index contributed by atoms with van der Waals surface area (Å²) < 4.78 is 0. The molecule has 0 radical (unpaired) electrons. The van der Waals surface area contributed by atoms with Crippen LogP contribution in [0, 0.1) is 5.92 Å². The minimum Gasteiger partial charge on any atom is -0.393 e. The second-order valence-corrected chi connectivity index (χ2v) is 2.82. The van der Waals surface area contributed by atoms with E-state index in [2.05, 4.69) is 18.8 Å². The highest BCUT2D eigenvalue weighted by atomic mass is 32.1. The Hall–Kier alpha value is -0.900. The van der Waals surface area contributed by atoms with E-state index in [4.69, 9.17) is 11.5 Å². The number of rotatable bonds is 5. The topological polar surface area (TPSA) is 69.1 Å². The van der Waals surface area contributed by atoms with Crippen molar-refractivity contribution in [3.05, 3.63) is 12.7 Å². The van der Waals surface area contributed by atoms with Gasteiger partial charge >= 0.3 is 0 Å². The molecule has 0 aromatic carbocycles. The van der Waals surface area contributed by atoms with Crippen LogP contribution in [0.4, 0.5) is 0 Å². The lowest BCUT2D eigenvalue weighted by molar-refractivity contribution is -0.121. The number of allylic oxidation sites excluding steroid dienone is 1. The standard InChI is InChI=1S/C7H12N2OS/c1-2-3-5(7(9)10)4-6(8)11/h2,5H,1,3-4H2,(H2,8,11)(H2,9,10). The predicted molar refractivity (Wildman–Crippen MR) is 48.9 cm³/mol. The van der Waals surface area contributed by atoms with Crippen molar-refractivity contribution in [3.8, 4) is 0 Å². The highest BCUT2D eigenvalue weighted by molar-refractivity contribution is 7.80. The van der Waals surface area contributed by atoms with E-state index in [-0.39, 0.29) is 11.8 Å². The Balaban J connectivity index is 3.99. The molecular formula is C7H12N2OS. The van der Waals surface area contributed by atoms with Crippen molar-refractivity contribution in [3.63, 3.8) is 0 Å². The number of carbonyl (C=O) groups excluding carboxylic acids is 1. The molecule has 0 aromatic rings. The van der Waals surface area contributed by atoms with Crippen molar-refractivity contribution in [2.45, 2.75) is 12.8 Å². The van der Waals surface area contributed by atoms with Crippen LogP contribution in [-0.2, 0) is 4.79 Å². The van der Waals surface area contributed by atoms with Crippen LogP contribution in [0.1, 0.15) is 12.8 Å². The monoisotopic (exact) mass is 172 g/mol. The summed E-state index contributed by atoms with van der Waals surface area (Å²) in [5.41, 5.74) is 10.3. The first-order valence-corrected chi connectivity index (χ1v) is 3.67. The Morgan fingerprint density at radius 3 is 2.45 bits per heavy atom. The Morgan fingerprint density at radius 1 is 1.64 bits per heavy atom. The van der Waals surface area contributed by atoms with Gasteiger partial charge in [0, 0.05) is 12.3 Å². The van der Waals surface area contributed by atoms with Crippen LogP contribution in [0.2, 0.25) is 0 Å². The van der Waals surface area contributed by atoms with Gasteiger partial charge in [0.05, 0.1) is 4.99 Å². The van der Waals surface area contributed by atoms with Gasteiger partial charge in [0.1, 0.15) is 0 Å². The molecule has 1 amide bonds. The summed E-state index contributed by atoms with van der Waals surface area (Å²) in [6.45, 7) is 3.50. The Bertz CT molecular complexity index is 179. The number of amides is 1. The average molecular weight is 172 g/mol. The molecule has 1 atom stereocenters. The second-order valence-electron chi connectivity index (χ2n) is 2.29. The molecule has 0 bridgehead atoms. The summed E-state index contributed by atoms with van der Waals surface area (Å²) in [7, 11) is 0. The zero-order valence-electron chi connectivity index (χ0n) is 6.25. The smallest absolute Gasteiger partial charge is 0.221 e. The second kappa shape index (κ2) is 4.85. The van der Waals surface area contributed by atoms with E-state index in [0.29, 0.717) is 17.8 Å². The summed E-state index contributed by atoms with van der Waals surface area (Å²) in [5, 5.41) is 0. The fourth-order valence-corrected chi connectivity index (χ4v) is 0.945. The van der Waals surface area contributed by atoms with E-state index < -0.39 is 0 Å². The first-order valence-electron chi connectivity index (χ1n) is 3.26. The number of carbonyl (C=O) groups is 1. The number of nitrogens with two attached hydrogens (primary N) is 2. The molecule has 0 aliphatic heterocycles. The summed E-state index contributed by atoms with van der Waals surface area (Å²) in [4.78, 5) is 11.0. The lowest BCUT2D eigenvalue weighted by Gasteiger charge is -2.08. The van der Waals surface area contributed by atoms with Crippen LogP contribution in [0.25, 0.3) is 0 Å². The molecule has 1 unspecified atom stereocenters. The van der Waals surface area contributed by atoms with Gasteiger partial charge in [-0.2, -0.15) is 0 Å². The highest BCUT2D eigenvalue weighted by Gasteiger charge is 2.13. The minimum absolute atomic E-state index is 0.287. The van der Waals surface area contributed by atoms with Gasteiger partial charge in [-0.25, -0.2) is 0 Å². The van der Waals surface area contributed by atoms with Crippen LogP contribution >= 0.6 is 12.2 Å². The number of thiocarbonyl (C=S) groups is 1. The van der Waals surface area contributed by atoms with Crippen LogP contribution in [0.3, 0.4) is 0 Å². The summed E-state index contributed by atoms with van der Waals surface area (Å²) in [5.74, 6) is -0.664. The third-order valence-electron chi connectivity index (χ3n) is 1.30. The van der Waals surface area contributed by atoms with Crippen molar-refractivity contribution in [1.29, 1.82) is 0 Å². The largest absolute Gasteiger partial charge is 0.393 e. The van der Waals surface area contributed by atoms with E-state index in [1.54, 1.807) is 6.08 Å². The maximum atomic E-state index is 10.7. The molecule has 0 fully saturated rings. The third kappa shape index (κ3) is 4.50. The number of hydrogen-bond acceptors (Lipinski definition) is 2. The van der Waals surface area contributed by atoms with Gasteiger partial charge in [-0.05, 0) is 6.42 Å². The van der Waals surface area contributed by atoms with Crippen molar-refractivity contribution in [2.75, 3.05) is 0 Å². The van der Waals surface area contributed by atoms with Crippen LogP contribution in [0.5, 0.6) is 0 Å². The molecule has 0 aliphatic rings. The normalized spacial score (nSPS) is 12.0. The van der Waals surface area contributed by atoms with Crippen molar-refractivity contribution < 1.29 is 4.79 Å². The van der Waals surface area contributed by atoms with Gasteiger partial charge in [-0.1, -0.05) is 18.3 Å². The van der Waals surface area contributed by atoms with Gasteiger partial charge < -0.3 is 11.5 Å². The molecule has 4 N–H and O–H groups in total. The number of primary amides is 1. The highest BCUT2D eigenvalue weighted by Crippen LogP contribution is 2.07. The van der Waals surface area contributed by atoms with E-state index in [1.807, 2.05) is 0 Å². The molecule has 0 saturated heterocycles. The van der Waals surface area contributed by atoms with Gasteiger partial charge in [-0.3, -0.25) is 4.79 Å². The molecule has 4 heteroatoms. The molecule has 0 spiro atoms. The molecule has 0 aromatic heterocycles. The van der Waals surface area contributed by atoms with Gasteiger partial charge in [-0.15, -0.1) is 6.58 Å². The zero-order chi connectivity index (χ0) is 8.85. The molecule has 0 aliphatic carbocycles. The zero-order valence-corrected chi connectivity index (χ0v) is 7.06. The van der Waals surface area contributed by atoms with Crippen LogP contribution < -0.4 is 11.5 Å². The van der Waals surface area contributed by atoms with E-state index >= 15 is 0 Å². The fourth-order valence-electron chi connectivity index (χ4n) is 0.744. The van der Waals surface area contributed by atoms with Crippen molar-refractivity contribution >= 4 is 23.1 Å². The maximum absolute atomic E-state index is 10.7. The third-order valence-corrected chi connectivity index (χ3v) is 1.47. The molecule has 62 valence electrons. The molecule has 11 heavy (non-hydrogen) atoms. The molecule has 0 heterocycles. The van der Waals surface area contributed by atoms with Crippen LogP contribution in [-0.4, -0.2) is 10.9 Å².